The van der Waals surface area contributed by atoms with E-state index in [1.807, 2.05) is 72.8 Å². The van der Waals surface area contributed by atoms with Crippen LogP contribution < -0.4 is 0 Å². The van der Waals surface area contributed by atoms with Gasteiger partial charge >= 0.3 is 0 Å². The van der Waals surface area contributed by atoms with Crippen molar-refractivity contribution in [2.75, 3.05) is 0 Å². The Kier molecular flexibility index (Phi) is 16.7. The molecule has 8 heterocycles. The fourth-order valence-corrected chi connectivity index (χ4v) is 19.5. The minimum absolute atomic E-state index is 0.582. The number of aromatic nitrogens is 11. The molecule has 26 rings (SSSR count). The number of nitrogens with zero attached hydrogens (tertiary/aromatic N) is 11. The molecule has 0 atom stereocenters. The molecule has 0 aliphatic heterocycles. The molecule has 0 saturated carbocycles. The van der Waals surface area contributed by atoms with E-state index in [2.05, 4.69) is 397 Å². The second-order valence-corrected chi connectivity index (χ2v) is 32.3. The first-order chi connectivity index (χ1) is 62.5. The highest BCUT2D eigenvalue weighted by molar-refractivity contribution is 6.17. The van der Waals surface area contributed by atoms with Crippen LogP contribution >= 0.6 is 0 Å². The molecule has 0 unspecified atom stereocenters. The Balaban J connectivity index is 0.000000137. The maximum absolute atomic E-state index is 5.24. The predicted octanol–water partition coefficient (Wildman–Crippen LogP) is 28.9. The lowest BCUT2D eigenvalue weighted by Crippen LogP contribution is -2.06. The fourth-order valence-electron chi connectivity index (χ4n) is 19.5. The van der Waals surface area contributed by atoms with Crippen LogP contribution in [0.3, 0.4) is 0 Å². The van der Waals surface area contributed by atoms with E-state index >= 15 is 0 Å². The third-order valence-electron chi connectivity index (χ3n) is 25.2. The van der Waals surface area contributed by atoms with Gasteiger partial charge in [-0.25, -0.2) is 15.0 Å². The van der Waals surface area contributed by atoms with Gasteiger partial charge in [-0.1, -0.05) is 291 Å². The van der Waals surface area contributed by atoms with Gasteiger partial charge in [-0.3, -0.25) is 9.13 Å². The lowest BCUT2D eigenvalue weighted by atomic mass is 10.0. The molecule has 0 saturated heterocycles. The zero-order valence-corrected chi connectivity index (χ0v) is 68.1. The van der Waals surface area contributed by atoms with Crippen molar-refractivity contribution in [3.8, 4) is 102 Å². The van der Waals surface area contributed by atoms with Crippen molar-refractivity contribution in [1.29, 1.82) is 0 Å². The Hall–Kier alpha value is -17.2. The Bertz CT molecular complexity index is 8190. The second-order valence-electron chi connectivity index (χ2n) is 32.3. The van der Waals surface area contributed by atoms with Crippen LogP contribution in [0.2, 0.25) is 0 Å². The first-order valence-electron chi connectivity index (χ1n) is 42.7. The van der Waals surface area contributed by atoms with Crippen LogP contribution in [0.5, 0.6) is 0 Å². The zero-order chi connectivity index (χ0) is 82.9. The van der Waals surface area contributed by atoms with Crippen molar-refractivity contribution < 1.29 is 0 Å². The van der Waals surface area contributed by atoms with Gasteiger partial charge in [-0.2, -0.15) is 9.97 Å². The lowest BCUT2D eigenvalue weighted by molar-refractivity contribution is 0.953. The molecule has 11 nitrogen and oxygen atoms in total. The van der Waals surface area contributed by atoms with Crippen LogP contribution in [-0.2, 0) is 0 Å². The molecule has 8 aromatic heterocycles. The van der Waals surface area contributed by atoms with Gasteiger partial charge in [0.1, 0.15) is 0 Å². The van der Waals surface area contributed by atoms with E-state index in [1.165, 1.54) is 92.8 Å². The third-order valence-corrected chi connectivity index (χ3v) is 25.2. The van der Waals surface area contributed by atoms with Crippen LogP contribution in [0.4, 0.5) is 0 Å². The Morgan fingerprint density at radius 2 is 0.349 bits per heavy atom. The third kappa shape index (κ3) is 11.8. The van der Waals surface area contributed by atoms with E-state index in [1.54, 1.807) is 0 Å². The number of rotatable bonds is 12. The Labute approximate surface area is 723 Å². The summed E-state index contributed by atoms with van der Waals surface area (Å²) < 4.78 is 14.0. The molecule has 0 N–H and O–H groups in total. The molecule has 0 fully saturated rings. The zero-order valence-electron chi connectivity index (χ0n) is 68.1. The van der Waals surface area contributed by atoms with E-state index in [4.69, 9.17) is 24.9 Å². The summed E-state index contributed by atoms with van der Waals surface area (Å²) in [6.07, 6.45) is 0. The van der Waals surface area contributed by atoms with E-state index in [-0.39, 0.29) is 0 Å². The highest BCUT2D eigenvalue weighted by Crippen LogP contribution is 2.45. The summed E-state index contributed by atoms with van der Waals surface area (Å²) in [5.74, 6) is 2.49. The monoisotopic (exact) mass is 1610 g/mol. The van der Waals surface area contributed by atoms with Crippen molar-refractivity contribution in [2.24, 2.45) is 0 Å². The van der Waals surface area contributed by atoms with Gasteiger partial charge in [0.25, 0.3) is 0 Å². The van der Waals surface area contributed by atoms with Gasteiger partial charge in [-0.15, -0.1) is 0 Å². The topological polar surface area (TPSA) is 94.0 Å². The van der Waals surface area contributed by atoms with Gasteiger partial charge in [0.2, 0.25) is 11.9 Å². The molecule has 0 spiro atoms. The first kappa shape index (κ1) is 71.7. The van der Waals surface area contributed by atoms with Crippen LogP contribution in [0.25, 0.3) is 233 Å². The average Bonchev–Trinajstić information content (AvgIpc) is 1.58. The normalized spacial score (nSPS) is 11.8. The second kappa shape index (κ2) is 29.3. The first-order valence-corrected chi connectivity index (χ1v) is 42.7. The van der Waals surface area contributed by atoms with Gasteiger partial charge in [0.15, 0.2) is 11.6 Å². The van der Waals surface area contributed by atoms with Crippen LogP contribution in [0, 0.1) is 0 Å². The summed E-state index contributed by atoms with van der Waals surface area (Å²) in [5.41, 5.74) is 28.6. The largest absolute Gasteiger partial charge is 0.309 e. The smallest absolute Gasteiger partial charge is 0.238 e. The van der Waals surface area contributed by atoms with E-state index in [0.29, 0.717) is 23.5 Å². The number of para-hydroxylation sites is 8. The molecule has 0 bridgehead atoms. The number of benzene rings is 18. The molecule has 26 aromatic rings. The van der Waals surface area contributed by atoms with Crippen LogP contribution in [0.15, 0.2) is 443 Å². The van der Waals surface area contributed by atoms with Crippen molar-refractivity contribution in [3.63, 3.8) is 0 Å². The van der Waals surface area contributed by atoms with Gasteiger partial charge in [0.05, 0.1) is 77.6 Å². The Morgan fingerprint density at radius 1 is 0.127 bits per heavy atom. The number of hydrogen-bond acceptors (Lipinski definition) is 5. The van der Waals surface area contributed by atoms with E-state index < -0.39 is 0 Å². The van der Waals surface area contributed by atoms with Gasteiger partial charge in [-0.05, 0) is 174 Å². The average molecular weight is 1610 g/mol. The minimum Gasteiger partial charge on any atom is -0.309 e. The Morgan fingerprint density at radius 3 is 0.659 bits per heavy atom. The molecule has 0 aliphatic carbocycles. The molecule has 18 aromatic carbocycles. The standard InChI is InChI=1S/C58H37N5.C57H36N6/c1-4-16-38(17-5-1)50-37-51(39-18-6-2-7-19-39)60-58(59-50)63-54-27-15-12-23-45(54)48-35-41(29-32-57(48)63)40-28-31-55-47(34-40)44-22-10-14-26-53(44)62(55)43-30-33-56-49(36-43)46-24-11-13-25-52(46)61(56)42-20-8-3-9-21-42;1-4-16-37(17-5-1)55-58-56(38-18-6-2-7-19-38)60-57(59-55)63-51-27-15-12-23-44(51)47-35-40(29-32-54(47)63)39-28-31-52-46(34-39)43-22-10-14-26-50(43)62(52)42-30-33-53-48(36-42)45-24-11-13-25-49(45)61(53)41-20-8-3-9-21-41/h1-37H;1-36H. The van der Waals surface area contributed by atoms with E-state index in [9.17, 15) is 0 Å². The van der Waals surface area contributed by atoms with E-state index in [0.717, 1.165) is 117 Å². The minimum atomic E-state index is 0.582. The van der Waals surface area contributed by atoms with Crippen molar-refractivity contribution in [2.45, 2.75) is 0 Å². The number of hydrogen-bond donors (Lipinski definition) is 0. The summed E-state index contributed by atoms with van der Waals surface area (Å²) in [6, 6.07) is 158. The molecule has 11 heteroatoms. The molecule has 0 aliphatic rings. The fraction of sp³-hybridized carbons (Fsp3) is 0. The van der Waals surface area contributed by atoms with Crippen LogP contribution in [-0.4, -0.2) is 52.3 Å². The maximum Gasteiger partial charge on any atom is 0.238 e. The summed E-state index contributed by atoms with van der Waals surface area (Å²) in [5, 5.41) is 14.4. The summed E-state index contributed by atoms with van der Waals surface area (Å²) in [4.78, 5) is 25.7. The predicted molar refractivity (Wildman–Crippen MR) is 521 cm³/mol. The van der Waals surface area contributed by atoms with Gasteiger partial charge in [0, 0.05) is 110 Å². The molecular formula is C115H73N11. The highest BCUT2D eigenvalue weighted by atomic mass is 15.2. The maximum atomic E-state index is 5.24. The lowest BCUT2D eigenvalue weighted by Gasteiger charge is -2.12. The summed E-state index contributed by atoms with van der Waals surface area (Å²) in [7, 11) is 0. The summed E-state index contributed by atoms with van der Waals surface area (Å²) >= 11 is 0. The molecule has 0 amide bonds. The highest BCUT2D eigenvalue weighted by Gasteiger charge is 2.25. The van der Waals surface area contributed by atoms with Crippen LogP contribution in [0.1, 0.15) is 0 Å². The molecule has 588 valence electrons. The van der Waals surface area contributed by atoms with Gasteiger partial charge < -0.3 is 18.3 Å². The SMILES string of the molecule is c1ccc(-c2cc(-c3ccccc3)nc(-n3c4ccccc4c4cc(-c5ccc6c(c5)c5ccccc5n6-c5ccc6c(c5)c5ccccc5n6-c5ccccc5)ccc43)n2)cc1.c1ccc(-c2nc(-c3ccccc3)nc(-n3c4ccccc4c4cc(-c5ccc6c(c5)c5ccccc5n6-c5ccc6c(c5)c5ccccc5n6-c5ccccc5)ccc43)n2)cc1. The quantitative estimate of drug-likeness (QED) is 0.121. The molecule has 126 heavy (non-hydrogen) atoms. The number of fused-ring (bicyclic) bond motifs is 18. The van der Waals surface area contributed by atoms with Crippen molar-refractivity contribution in [1.82, 2.24) is 52.3 Å². The summed E-state index contributed by atoms with van der Waals surface area (Å²) in [6.45, 7) is 0. The van der Waals surface area contributed by atoms with Crippen molar-refractivity contribution >= 4 is 131 Å². The van der Waals surface area contributed by atoms with Crippen molar-refractivity contribution in [3.05, 3.63) is 443 Å². The molecule has 0 radical (unpaired) electrons. The molecular weight excluding hydrogens is 1540 g/mol.